The van der Waals surface area contributed by atoms with Gasteiger partial charge in [-0.05, 0) is 24.3 Å². The minimum atomic E-state index is -1.41. The lowest BCUT2D eigenvalue weighted by atomic mass is 10.2. The van der Waals surface area contributed by atoms with Gasteiger partial charge in [0.25, 0.3) is 11.8 Å². The first-order chi connectivity index (χ1) is 11.1. The molecule has 1 aromatic carbocycles. The molecule has 23 heavy (non-hydrogen) atoms. The highest BCUT2D eigenvalue weighted by Crippen LogP contribution is 2.16. The maximum Gasteiger partial charge on any atom is 0.276 e. The van der Waals surface area contributed by atoms with Crippen LogP contribution in [0.3, 0.4) is 0 Å². The van der Waals surface area contributed by atoms with Gasteiger partial charge in [-0.15, -0.1) is 0 Å². The molecular formula is C15H12N3O5-. The molecule has 0 saturated heterocycles. The van der Waals surface area contributed by atoms with Crippen LogP contribution >= 0.6 is 0 Å². The summed E-state index contributed by atoms with van der Waals surface area (Å²) in [6.07, 6.45) is 2.85. The van der Waals surface area contributed by atoms with Gasteiger partial charge in [-0.25, -0.2) is 0 Å². The summed E-state index contributed by atoms with van der Waals surface area (Å²) >= 11 is 0. The predicted molar refractivity (Wildman–Crippen MR) is 76.1 cm³/mol. The number of pyridine rings is 1. The van der Waals surface area contributed by atoms with Gasteiger partial charge in [0, 0.05) is 18.0 Å². The molecule has 0 unspecified atom stereocenters. The third kappa shape index (κ3) is 4.53. The van der Waals surface area contributed by atoms with Gasteiger partial charge in [-0.2, -0.15) is 0 Å². The molecule has 0 radical (unpaired) electrons. The minimum Gasteiger partial charge on any atom is -0.545 e. The number of benzene rings is 1. The lowest BCUT2D eigenvalue weighted by molar-refractivity contribution is -0.255. The zero-order chi connectivity index (χ0) is 16.7. The Morgan fingerprint density at radius 1 is 1.09 bits per heavy atom. The quantitative estimate of drug-likeness (QED) is 0.703. The maximum absolute atomic E-state index is 11.7. The largest absolute Gasteiger partial charge is 0.545 e. The zero-order valence-corrected chi connectivity index (χ0v) is 11.8. The molecule has 8 nitrogen and oxygen atoms in total. The van der Waals surface area contributed by atoms with E-state index >= 15 is 0 Å². The van der Waals surface area contributed by atoms with Crippen molar-refractivity contribution in [1.29, 1.82) is 0 Å². The number of carboxylic acids is 1. The maximum atomic E-state index is 11.7. The molecule has 1 heterocycles. The number of ether oxygens (including phenoxy) is 1. The Morgan fingerprint density at radius 2 is 1.87 bits per heavy atom. The number of para-hydroxylation sites is 1. The fourth-order valence-electron chi connectivity index (χ4n) is 1.64. The summed E-state index contributed by atoms with van der Waals surface area (Å²) in [5.74, 6) is -2.61. The highest BCUT2D eigenvalue weighted by molar-refractivity contribution is 5.95. The molecule has 8 heteroatoms. The summed E-state index contributed by atoms with van der Waals surface area (Å²) in [6.45, 7) is -0.475. The van der Waals surface area contributed by atoms with Gasteiger partial charge in [-0.3, -0.25) is 25.4 Å². The Bertz CT molecular complexity index is 718. The van der Waals surface area contributed by atoms with Crippen molar-refractivity contribution in [2.24, 2.45) is 0 Å². The topological polar surface area (TPSA) is 120 Å². The first kappa shape index (κ1) is 16.0. The number of aromatic nitrogens is 1. The van der Waals surface area contributed by atoms with Crippen molar-refractivity contribution in [3.63, 3.8) is 0 Å². The second-order valence-corrected chi connectivity index (χ2v) is 4.32. The van der Waals surface area contributed by atoms with Gasteiger partial charge >= 0.3 is 0 Å². The number of aromatic carboxylic acids is 1. The van der Waals surface area contributed by atoms with Crippen LogP contribution in [-0.4, -0.2) is 29.4 Å². The summed E-state index contributed by atoms with van der Waals surface area (Å²) in [5, 5.41) is 10.9. The average Bonchev–Trinajstić information content (AvgIpc) is 2.58. The molecule has 0 bridgehead atoms. The van der Waals surface area contributed by atoms with Crippen molar-refractivity contribution in [3.8, 4) is 5.75 Å². The second-order valence-electron chi connectivity index (χ2n) is 4.32. The van der Waals surface area contributed by atoms with Crippen LogP contribution in [0.5, 0.6) is 5.75 Å². The molecular weight excluding hydrogens is 302 g/mol. The van der Waals surface area contributed by atoms with Crippen molar-refractivity contribution in [1.82, 2.24) is 15.8 Å². The van der Waals surface area contributed by atoms with Crippen molar-refractivity contribution in [3.05, 3.63) is 59.9 Å². The van der Waals surface area contributed by atoms with E-state index in [1.165, 1.54) is 36.7 Å². The number of carboxylic acid groups (broad SMARTS) is 1. The van der Waals surface area contributed by atoms with E-state index in [0.717, 1.165) is 0 Å². The fraction of sp³-hybridized carbons (Fsp3) is 0.0667. The molecule has 0 saturated carbocycles. The SMILES string of the molecule is O=C(COc1ccccc1C(=O)[O-])NNC(=O)c1cccnc1. The van der Waals surface area contributed by atoms with Crippen LogP contribution in [0.25, 0.3) is 0 Å². The van der Waals surface area contributed by atoms with Crippen molar-refractivity contribution < 1.29 is 24.2 Å². The summed E-state index contributed by atoms with van der Waals surface area (Å²) in [5.41, 5.74) is 4.44. The highest BCUT2D eigenvalue weighted by atomic mass is 16.5. The van der Waals surface area contributed by atoms with Gasteiger partial charge in [-0.1, -0.05) is 12.1 Å². The van der Waals surface area contributed by atoms with Crippen molar-refractivity contribution in [2.45, 2.75) is 0 Å². The Balaban J connectivity index is 1.84. The number of hydrazine groups is 1. The first-order valence-corrected chi connectivity index (χ1v) is 6.50. The van der Waals surface area contributed by atoms with Gasteiger partial charge in [0.15, 0.2) is 6.61 Å². The molecule has 0 aliphatic carbocycles. The van der Waals surface area contributed by atoms with Crippen LogP contribution in [0.4, 0.5) is 0 Å². The molecule has 0 spiro atoms. The predicted octanol–water partition coefficient (Wildman–Crippen LogP) is -0.715. The Kier molecular flexibility index (Phi) is 5.24. The number of hydrogen-bond acceptors (Lipinski definition) is 6. The lowest BCUT2D eigenvalue weighted by Crippen LogP contribution is -2.43. The van der Waals surface area contributed by atoms with E-state index in [4.69, 9.17) is 4.74 Å². The van der Waals surface area contributed by atoms with Crippen LogP contribution in [0.2, 0.25) is 0 Å². The Hall–Kier alpha value is -3.42. The van der Waals surface area contributed by atoms with E-state index in [0.29, 0.717) is 0 Å². The van der Waals surface area contributed by atoms with Gasteiger partial charge in [0.1, 0.15) is 5.75 Å². The van der Waals surface area contributed by atoms with Crippen LogP contribution in [-0.2, 0) is 4.79 Å². The molecule has 0 aliphatic heterocycles. The molecule has 0 fully saturated rings. The molecule has 2 aromatic rings. The van der Waals surface area contributed by atoms with E-state index in [2.05, 4.69) is 15.8 Å². The summed E-state index contributed by atoms with van der Waals surface area (Å²) in [4.78, 5) is 37.9. The third-order valence-electron chi connectivity index (χ3n) is 2.70. The van der Waals surface area contributed by atoms with E-state index in [9.17, 15) is 19.5 Å². The van der Waals surface area contributed by atoms with Crippen LogP contribution in [0, 0.1) is 0 Å². The number of carbonyl (C=O) groups excluding carboxylic acids is 3. The summed E-state index contributed by atoms with van der Waals surface area (Å²) < 4.78 is 5.10. The zero-order valence-electron chi connectivity index (χ0n) is 11.8. The van der Waals surface area contributed by atoms with E-state index in [-0.39, 0.29) is 16.9 Å². The van der Waals surface area contributed by atoms with Gasteiger partial charge in [0.05, 0.1) is 11.5 Å². The third-order valence-corrected chi connectivity index (χ3v) is 2.70. The number of hydrogen-bond donors (Lipinski definition) is 2. The molecule has 0 aliphatic rings. The van der Waals surface area contributed by atoms with E-state index < -0.39 is 24.4 Å². The van der Waals surface area contributed by atoms with E-state index in [1.54, 1.807) is 12.1 Å². The highest BCUT2D eigenvalue weighted by Gasteiger charge is 2.09. The number of nitrogens with one attached hydrogen (secondary N) is 2. The summed E-state index contributed by atoms with van der Waals surface area (Å²) in [7, 11) is 0. The monoisotopic (exact) mass is 314 g/mol. The van der Waals surface area contributed by atoms with Crippen molar-refractivity contribution >= 4 is 17.8 Å². The van der Waals surface area contributed by atoms with Crippen LogP contribution < -0.4 is 20.7 Å². The van der Waals surface area contributed by atoms with Crippen LogP contribution in [0.15, 0.2) is 48.8 Å². The van der Waals surface area contributed by atoms with E-state index in [1.807, 2.05) is 0 Å². The first-order valence-electron chi connectivity index (χ1n) is 6.50. The van der Waals surface area contributed by atoms with Gasteiger partial charge < -0.3 is 14.6 Å². The smallest absolute Gasteiger partial charge is 0.276 e. The summed E-state index contributed by atoms with van der Waals surface area (Å²) in [6, 6.07) is 8.87. The molecule has 2 amide bonds. The molecule has 2 N–H and O–H groups in total. The number of carbonyl (C=O) groups is 3. The fourth-order valence-corrected chi connectivity index (χ4v) is 1.64. The van der Waals surface area contributed by atoms with Crippen LogP contribution in [0.1, 0.15) is 20.7 Å². The standard InChI is InChI=1S/C15H13N3O5/c19-13(17-18-14(20)10-4-3-7-16-8-10)9-23-12-6-2-1-5-11(12)15(21)22/h1-8H,9H2,(H,17,19)(H,18,20)(H,21,22)/p-1. The second kappa shape index (κ2) is 7.55. The Morgan fingerprint density at radius 3 is 2.57 bits per heavy atom. The number of amides is 2. The molecule has 0 atom stereocenters. The Labute approximate surface area is 131 Å². The molecule has 2 rings (SSSR count). The molecule has 1 aromatic heterocycles. The number of nitrogens with zero attached hydrogens (tertiary/aromatic N) is 1. The van der Waals surface area contributed by atoms with Crippen molar-refractivity contribution in [2.75, 3.05) is 6.61 Å². The lowest BCUT2D eigenvalue weighted by Gasteiger charge is -2.12. The normalized spacial score (nSPS) is 9.74. The average molecular weight is 314 g/mol. The number of rotatable bonds is 5. The molecule has 118 valence electrons. The minimum absolute atomic E-state index is 0.00114. The van der Waals surface area contributed by atoms with Gasteiger partial charge in [0.2, 0.25) is 0 Å².